The maximum atomic E-state index is 5.55. The smallest absolute Gasteiger partial charge is 0.122 e. The summed E-state index contributed by atoms with van der Waals surface area (Å²) in [5, 5.41) is 0. The fourth-order valence-corrected chi connectivity index (χ4v) is 2.35. The van der Waals surface area contributed by atoms with Crippen LogP contribution in [0.5, 0.6) is 5.75 Å². The molecule has 0 atom stereocenters. The van der Waals surface area contributed by atoms with Gasteiger partial charge < -0.3 is 10.5 Å². The van der Waals surface area contributed by atoms with Gasteiger partial charge in [-0.1, -0.05) is 26.8 Å². The predicted molar refractivity (Wildman–Crippen MR) is 78.4 cm³/mol. The van der Waals surface area contributed by atoms with Crippen LogP contribution in [0.2, 0.25) is 0 Å². The fourth-order valence-electron chi connectivity index (χ4n) is 2.35. The Morgan fingerprint density at radius 2 is 1.83 bits per heavy atom. The second-order valence-electron chi connectivity index (χ2n) is 5.97. The van der Waals surface area contributed by atoms with Gasteiger partial charge in [-0.3, -0.25) is 0 Å². The lowest BCUT2D eigenvalue weighted by atomic mass is 9.82. The lowest BCUT2D eigenvalue weighted by Gasteiger charge is -2.24. The first-order chi connectivity index (χ1) is 8.40. The molecule has 0 aromatic heterocycles. The third-order valence-corrected chi connectivity index (χ3v) is 3.37. The summed E-state index contributed by atoms with van der Waals surface area (Å²) in [4.78, 5) is 0. The van der Waals surface area contributed by atoms with Crippen LogP contribution in [0.25, 0.3) is 0 Å². The van der Waals surface area contributed by atoms with Gasteiger partial charge in [0.2, 0.25) is 0 Å². The third-order valence-electron chi connectivity index (χ3n) is 3.37. The molecule has 0 amide bonds. The molecule has 0 heterocycles. The van der Waals surface area contributed by atoms with E-state index < -0.39 is 0 Å². The van der Waals surface area contributed by atoms with Crippen LogP contribution in [0, 0.1) is 6.92 Å². The minimum absolute atomic E-state index is 0.154. The van der Waals surface area contributed by atoms with Gasteiger partial charge in [0.25, 0.3) is 0 Å². The number of ether oxygens (including phenoxy) is 1. The zero-order valence-corrected chi connectivity index (χ0v) is 12.5. The van der Waals surface area contributed by atoms with Crippen molar-refractivity contribution in [2.75, 3.05) is 13.7 Å². The molecule has 1 rings (SSSR count). The number of hydrogen-bond donors (Lipinski definition) is 1. The highest BCUT2D eigenvalue weighted by atomic mass is 16.5. The van der Waals surface area contributed by atoms with Crippen molar-refractivity contribution in [2.24, 2.45) is 5.73 Å². The van der Waals surface area contributed by atoms with Gasteiger partial charge in [-0.25, -0.2) is 0 Å². The van der Waals surface area contributed by atoms with Crippen molar-refractivity contribution in [1.29, 1.82) is 0 Å². The highest BCUT2D eigenvalue weighted by molar-refractivity contribution is 5.46. The van der Waals surface area contributed by atoms with E-state index in [1.165, 1.54) is 16.7 Å². The molecule has 0 aliphatic heterocycles. The van der Waals surface area contributed by atoms with Crippen molar-refractivity contribution in [3.05, 3.63) is 28.8 Å². The van der Waals surface area contributed by atoms with Crippen LogP contribution in [-0.4, -0.2) is 13.7 Å². The number of unbranched alkanes of at least 4 members (excludes halogenated alkanes) is 1. The van der Waals surface area contributed by atoms with Gasteiger partial charge in [0, 0.05) is 0 Å². The highest BCUT2D eigenvalue weighted by Gasteiger charge is 2.19. The van der Waals surface area contributed by atoms with Gasteiger partial charge in [0.1, 0.15) is 5.75 Å². The molecule has 0 unspecified atom stereocenters. The largest absolute Gasteiger partial charge is 0.496 e. The first-order valence-corrected chi connectivity index (χ1v) is 6.78. The molecular formula is C16H27NO. The lowest BCUT2D eigenvalue weighted by Crippen LogP contribution is -2.14. The second-order valence-corrected chi connectivity index (χ2v) is 5.97. The van der Waals surface area contributed by atoms with E-state index in [0.29, 0.717) is 0 Å². The zero-order valence-electron chi connectivity index (χ0n) is 12.5. The van der Waals surface area contributed by atoms with E-state index >= 15 is 0 Å². The number of methoxy groups -OCH3 is 1. The van der Waals surface area contributed by atoms with Crippen LogP contribution in [0.3, 0.4) is 0 Å². The predicted octanol–water partition coefficient (Wildman–Crippen LogP) is 3.58. The number of rotatable bonds is 5. The SMILES string of the molecule is COc1cc(CCCCN)cc(C(C)(C)C)c1C. The van der Waals surface area contributed by atoms with Crippen molar-refractivity contribution >= 4 is 0 Å². The summed E-state index contributed by atoms with van der Waals surface area (Å²) in [7, 11) is 1.75. The van der Waals surface area contributed by atoms with E-state index in [2.05, 4.69) is 39.8 Å². The number of nitrogens with two attached hydrogens (primary N) is 1. The Kier molecular flexibility index (Phi) is 5.21. The summed E-state index contributed by atoms with van der Waals surface area (Å²) in [5.41, 5.74) is 9.69. The van der Waals surface area contributed by atoms with Gasteiger partial charge in [-0.2, -0.15) is 0 Å². The molecule has 1 aromatic rings. The standard InChI is InChI=1S/C16H27NO/c1-12-14(16(2,3)4)10-13(8-6-7-9-17)11-15(12)18-5/h10-11H,6-9,17H2,1-5H3. The summed E-state index contributed by atoms with van der Waals surface area (Å²) >= 11 is 0. The van der Waals surface area contributed by atoms with Crippen LogP contribution in [0.1, 0.15) is 50.3 Å². The average Bonchev–Trinajstić information content (AvgIpc) is 2.29. The Morgan fingerprint density at radius 3 is 2.33 bits per heavy atom. The van der Waals surface area contributed by atoms with Crippen LogP contribution < -0.4 is 10.5 Å². The van der Waals surface area contributed by atoms with Crippen molar-refractivity contribution in [1.82, 2.24) is 0 Å². The molecule has 0 aliphatic rings. The van der Waals surface area contributed by atoms with Crippen LogP contribution in [0.15, 0.2) is 12.1 Å². The van der Waals surface area contributed by atoms with Crippen molar-refractivity contribution in [3.8, 4) is 5.75 Å². The van der Waals surface area contributed by atoms with Crippen molar-refractivity contribution in [3.63, 3.8) is 0 Å². The quantitative estimate of drug-likeness (QED) is 0.809. The molecule has 0 bridgehead atoms. The number of benzene rings is 1. The molecule has 0 spiro atoms. The minimum atomic E-state index is 0.154. The van der Waals surface area contributed by atoms with Crippen molar-refractivity contribution < 1.29 is 4.74 Å². The Morgan fingerprint density at radius 1 is 1.17 bits per heavy atom. The summed E-state index contributed by atoms with van der Waals surface area (Å²) < 4.78 is 5.50. The molecule has 18 heavy (non-hydrogen) atoms. The van der Waals surface area contributed by atoms with E-state index in [1.54, 1.807) is 7.11 Å². The Hall–Kier alpha value is -1.02. The summed E-state index contributed by atoms with van der Waals surface area (Å²) in [6, 6.07) is 4.50. The van der Waals surface area contributed by atoms with Gasteiger partial charge in [0.05, 0.1) is 7.11 Å². The minimum Gasteiger partial charge on any atom is -0.496 e. The van der Waals surface area contributed by atoms with E-state index in [0.717, 1.165) is 31.6 Å². The van der Waals surface area contributed by atoms with Crippen LogP contribution in [0.4, 0.5) is 0 Å². The molecule has 102 valence electrons. The molecule has 0 aliphatic carbocycles. The first kappa shape index (κ1) is 15.0. The molecule has 0 saturated carbocycles. The zero-order chi connectivity index (χ0) is 13.8. The lowest BCUT2D eigenvalue weighted by molar-refractivity contribution is 0.408. The van der Waals surface area contributed by atoms with E-state index in [9.17, 15) is 0 Å². The maximum absolute atomic E-state index is 5.55. The van der Waals surface area contributed by atoms with Crippen LogP contribution >= 0.6 is 0 Å². The first-order valence-electron chi connectivity index (χ1n) is 6.78. The fraction of sp³-hybridized carbons (Fsp3) is 0.625. The number of hydrogen-bond acceptors (Lipinski definition) is 2. The molecule has 0 radical (unpaired) electrons. The van der Waals surface area contributed by atoms with E-state index in [4.69, 9.17) is 10.5 Å². The highest BCUT2D eigenvalue weighted by Crippen LogP contribution is 2.33. The Balaban J connectivity index is 3.06. The Labute approximate surface area is 112 Å². The molecule has 0 fully saturated rings. The molecular weight excluding hydrogens is 222 g/mol. The second kappa shape index (κ2) is 6.24. The molecule has 0 saturated heterocycles. The van der Waals surface area contributed by atoms with Crippen LogP contribution in [-0.2, 0) is 11.8 Å². The third kappa shape index (κ3) is 3.74. The summed E-state index contributed by atoms with van der Waals surface area (Å²) in [6.45, 7) is 9.66. The van der Waals surface area contributed by atoms with Crippen molar-refractivity contribution in [2.45, 2.75) is 52.4 Å². The van der Waals surface area contributed by atoms with Gasteiger partial charge in [-0.15, -0.1) is 0 Å². The Bertz CT molecular complexity index is 391. The molecule has 2 heteroatoms. The summed E-state index contributed by atoms with van der Waals surface area (Å²) in [5.74, 6) is 1.00. The van der Waals surface area contributed by atoms with Gasteiger partial charge in [-0.05, 0) is 60.9 Å². The van der Waals surface area contributed by atoms with E-state index in [1.807, 2.05) is 0 Å². The van der Waals surface area contributed by atoms with E-state index in [-0.39, 0.29) is 5.41 Å². The molecule has 1 aromatic carbocycles. The topological polar surface area (TPSA) is 35.2 Å². The van der Waals surface area contributed by atoms with Gasteiger partial charge >= 0.3 is 0 Å². The van der Waals surface area contributed by atoms with Gasteiger partial charge in [0.15, 0.2) is 0 Å². The normalized spacial score (nSPS) is 11.7. The molecule has 2 N–H and O–H groups in total. The average molecular weight is 249 g/mol. The monoisotopic (exact) mass is 249 g/mol. The summed E-state index contributed by atoms with van der Waals surface area (Å²) in [6.07, 6.45) is 3.31. The number of aryl methyl sites for hydroxylation is 1. The maximum Gasteiger partial charge on any atom is 0.122 e. The molecule has 2 nitrogen and oxygen atoms in total.